The number of amides is 1. The number of benzene rings is 2. The number of carbonyl (C=O) groups excluding carboxylic acids is 1. The maximum atomic E-state index is 15.5. The first kappa shape index (κ1) is 20.6. The fraction of sp³-hybridized carbons (Fsp3) is 0.304. The highest BCUT2D eigenvalue weighted by Gasteiger charge is 2.44. The van der Waals surface area contributed by atoms with Crippen molar-refractivity contribution in [3.63, 3.8) is 0 Å². The number of hydrogen-bond acceptors (Lipinski definition) is 4. The molecule has 0 saturated carbocycles. The van der Waals surface area contributed by atoms with Gasteiger partial charge in [0.2, 0.25) is 5.91 Å². The molecular weight excluding hydrogens is 401 g/mol. The maximum Gasteiger partial charge on any atom is 0.228 e. The molecule has 156 valence electrons. The third-order valence-corrected chi connectivity index (χ3v) is 6.76. The molecule has 0 aliphatic carbocycles. The van der Waals surface area contributed by atoms with Gasteiger partial charge in [0.05, 0.1) is 17.2 Å². The lowest BCUT2D eigenvalue weighted by Gasteiger charge is -2.38. The van der Waals surface area contributed by atoms with Gasteiger partial charge >= 0.3 is 0 Å². The molecule has 30 heavy (non-hydrogen) atoms. The third-order valence-electron chi connectivity index (χ3n) is 5.72. The lowest BCUT2D eigenvalue weighted by atomic mass is 9.71. The van der Waals surface area contributed by atoms with Crippen molar-refractivity contribution in [2.24, 2.45) is 12.8 Å². The Morgan fingerprint density at radius 3 is 2.67 bits per heavy atom. The molecule has 1 aromatic heterocycles. The minimum absolute atomic E-state index is 0.151. The number of carbonyl (C=O) groups is 1. The van der Waals surface area contributed by atoms with Gasteiger partial charge in [0.1, 0.15) is 5.82 Å². The average molecular weight is 426 g/mol. The number of nitrogens with two attached hydrogens (primary N) is 1. The largest absolute Gasteiger partial charge is 0.378 e. The number of hydrogen-bond donors (Lipinski definition) is 1. The monoisotopic (exact) mass is 425 g/mol. The van der Waals surface area contributed by atoms with Crippen LogP contribution in [0.4, 0.5) is 4.39 Å². The second kappa shape index (κ2) is 8.24. The van der Waals surface area contributed by atoms with Crippen molar-refractivity contribution in [1.82, 2.24) is 9.78 Å². The van der Waals surface area contributed by atoms with Crippen LogP contribution in [0.5, 0.6) is 0 Å². The van der Waals surface area contributed by atoms with Crippen LogP contribution in [-0.4, -0.2) is 28.4 Å². The maximum absolute atomic E-state index is 15.5. The molecule has 0 bridgehead atoms. The molecule has 1 aliphatic heterocycles. The minimum Gasteiger partial charge on any atom is -0.378 e. The predicted molar refractivity (Wildman–Crippen MR) is 115 cm³/mol. The second-order valence-corrected chi connectivity index (χ2v) is 8.78. The summed E-state index contributed by atoms with van der Waals surface area (Å²) in [5.41, 5.74) is 7.14. The Labute approximate surface area is 179 Å². The molecule has 0 spiro atoms. The Balaban J connectivity index is 1.63. The Morgan fingerprint density at radius 2 is 2.03 bits per heavy atom. The molecule has 2 aromatic carbocycles. The summed E-state index contributed by atoms with van der Waals surface area (Å²) in [5.74, 6) is -0.884. The summed E-state index contributed by atoms with van der Waals surface area (Å²) in [6.45, 7) is 2.27. The van der Waals surface area contributed by atoms with E-state index in [-0.39, 0.29) is 11.9 Å². The van der Waals surface area contributed by atoms with E-state index in [1.54, 1.807) is 24.4 Å². The number of ether oxygens (including phenoxy) is 1. The van der Waals surface area contributed by atoms with E-state index in [2.05, 4.69) is 5.10 Å². The van der Waals surface area contributed by atoms with Crippen molar-refractivity contribution in [1.29, 1.82) is 0 Å². The molecule has 5 nitrogen and oxygen atoms in total. The normalized spacial score (nSPS) is 21.5. The van der Waals surface area contributed by atoms with Crippen LogP contribution in [0.15, 0.2) is 64.5 Å². The molecule has 4 rings (SSSR count). The molecule has 1 aliphatic rings. The Morgan fingerprint density at radius 1 is 1.27 bits per heavy atom. The average Bonchev–Trinajstić information content (AvgIpc) is 3.16. The standard InChI is InChI=1S/C23H24FN3O2S/c1-15-14-23(22(25)28,11-13-29-15)18-4-3-5-20(21(18)24)30-17-8-6-16(7-9-17)19-10-12-26-27(19)2/h3-10,12,15H,11,13-14H2,1-2H3,(H2,25,28)/t15-,23+/m0/s1. The van der Waals surface area contributed by atoms with Crippen molar-refractivity contribution in [2.45, 2.75) is 41.1 Å². The van der Waals surface area contributed by atoms with Gasteiger partial charge in [-0.25, -0.2) is 4.39 Å². The van der Waals surface area contributed by atoms with Gasteiger partial charge in [-0.15, -0.1) is 0 Å². The smallest absolute Gasteiger partial charge is 0.228 e. The summed E-state index contributed by atoms with van der Waals surface area (Å²) in [4.78, 5) is 13.8. The zero-order chi connectivity index (χ0) is 21.3. The Hall–Kier alpha value is -2.64. The molecule has 1 saturated heterocycles. The first-order valence-electron chi connectivity index (χ1n) is 9.87. The molecule has 2 heterocycles. The lowest BCUT2D eigenvalue weighted by Crippen LogP contribution is -2.48. The lowest BCUT2D eigenvalue weighted by molar-refractivity contribution is -0.129. The molecule has 7 heteroatoms. The van der Waals surface area contributed by atoms with Crippen molar-refractivity contribution >= 4 is 17.7 Å². The number of aromatic nitrogens is 2. The van der Waals surface area contributed by atoms with Gasteiger partial charge in [-0.3, -0.25) is 9.48 Å². The number of primary amides is 1. The molecule has 2 atom stereocenters. The Kier molecular flexibility index (Phi) is 5.66. The summed E-state index contributed by atoms with van der Waals surface area (Å²) in [7, 11) is 1.89. The van der Waals surface area contributed by atoms with Gasteiger partial charge in [0.25, 0.3) is 0 Å². The summed E-state index contributed by atoms with van der Waals surface area (Å²) in [6, 6.07) is 15.0. The van der Waals surface area contributed by atoms with Crippen molar-refractivity contribution in [3.05, 3.63) is 66.1 Å². The van der Waals surface area contributed by atoms with Crippen LogP contribution < -0.4 is 5.73 Å². The van der Waals surface area contributed by atoms with Crippen LogP contribution >= 0.6 is 11.8 Å². The SMILES string of the molecule is C[C@H]1C[C@@](C(N)=O)(c2cccc(Sc3ccc(-c4ccnn4C)cc3)c2F)CCO1. The van der Waals surface area contributed by atoms with Gasteiger partial charge < -0.3 is 10.5 Å². The first-order valence-corrected chi connectivity index (χ1v) is 10.7. The van der Waals surface area contributed by atoms with E-state index in [1.165, 1.54) is 11.8 Å². The van der Waals surface area contributed by atoms with Crippen LogP contribution in [0.1, 0.15) is 25.3 Å². The van der Waals surface area contributed by atoms with Gasteiger partial charge in [0.15, 0.2) is 0 Å². The quantitative estimate of drug-likeness (QED) is 0.662. The summed E-state index contributed by atoms with van der Waals surface area (Å²) >= 11 is 1.33. The molecular formula is C23H24FN3O2S. The fourth-order valence-corrected chi connectivity index (χ4v) is 5.00. The van der Waals surface area contributed by atoms with E-state index in [0.29, 0.717) is 29.9 Å². The zero-order valence-electron chi connectivity index (χ0n) is 17.0. The number of aryl methyl sites for hydroxylation is 1. The van der Waals surface area contributed by atoms with Crippen LogP contribution in [0, 0.1) is 5.82 Å². The van der Waals surface area contributed by atoms with E-state index < -0.39 is 11.3 Å². The Bertz CT molecular complexity index is 1070. The predicted octanol–water partition coefficient (Wildman–Crippen LogP) is 4.30. The minimum atomic E-state index is -1.04. The topological polar surface area (TPSA) is 70.1 Å². The van der Waals surface area contributed by atoms with Crippen LogP contribution in [0.2, 0.25) is 0 Å². The molecule has 0 radical (unpaired) electrons. The van der Waals surface area contributed by atoms with Crippen LogP contribution in [-0.2, 0) is 22.0 Å². The van der Waals surface area contributed by atoms with E-state index in [0.717, 1.165) is 16.2 Å². The van der Waals surface area contributed by atoms with Crippen molar-refractivity contribution in [3.8, 4) is 11.3 Å². The van der Waals surface area contributed by atoms with Crippen LogP contribution in [0.25, 0.3) is 11.3 Å². The fourth-order valence-electron chi connectivity index (χ4n) is 4.12. The highest BCUT2D eigenvalue weighted by Crippen LogP contribution is 2.41. The van der Waals surface area contributed by atoms with Gasteiger partial charge in [-0.1, -0.05) is 36.0 Å². The zero-order valence-corrected chi connectivity index (χ0v) is 17.8. The van der Waals surface area contributed by atoms with Gasteiger partial charge in [-0.05, 0) is 49.6 Å². The van der Waals surface area contributed by atoms with Crippen molar-refractivity contribution < 1.29 is 13.9 Å². The van der Waals surface area contributed by atoms with E-state index in [4.69, 9.17) is 10.5 Å². The molecule has 1 fully saturated rings. The van der Waals surface area contributed by atoms with E-state index in [1.807, 2.05) is 49.0 Å². The van der Waals surface area contributed by atoms with E-state index in [9.17, 15) is 4.79 Å². The van der Waals surface area contributed by atoms with Crippen LogP contribution in [0.3, 0.4) is 0 Å². The molecule has 1 amide bonds. The summed E-state index contributed by atoms with van der Waals surface area (Å²) in [6.07, 6.45) is 2.37. The van der Waals surface area contributed by atoms with Crippen molar-refractivity contribution in [2.75, 3.05) is 6.61 Å². The molecule has 3 aromatic rings. The number of halogens is 1. The second-order valence-electron chi connectivity index (χ2n) is 7.67. The van der Waals surface area contributed by atoms with E-state index >= 15 is 4.39 Å². The third kappa shape index (κ3) is 3.75. The number of rotatable bonds is 5. The summed E-state index contributed by atoms with van der Waals surface area (Å²) in [5, 5.41) is 4.19. The molecule has 0 unspecified atom stereocenters. The van der Waals surface area contributed by atoms with Gasteiger partial charge in [0, 0.05) is 35.2 Å². The van der Waals surface area contributed by atoms with Gasteiger partial charge in [-0.2, -0.15) is 5.10 Å². The summed E-state index contributed by atoms with van der Waals surface area (Å²) < 4.78 is 22.9. The highest BCUT2D eigenvalue weighted by molar-refractivity contribution is 7.99. The highest BCUT2D eigenvalue weighted by atomic mass is 32.2. The number of nitrogens with zero attached hydrogens (tertiary/aromatic N) is 2. The first-order chi connectivity index (χ1) is 14.4. The molecule has 2 N–H and O–H groups in total.